The predicted molar refractivity (Wildman–Crippen MR) is 94.9 cm³/mol. The molecule has 23 heavy (non-hydrogen) atoms. The Labute approximate surface area is 139 Å². The molecule has 0 aromatic rings. The molecule has 0 aliphatic heterocycles. The van der Waals surface area contributed by atoms with Crippen molar-refractivity contribution in [1.29, 1.82) is 0 Å². The second-order valence-electron chi connectivity index (χ2n) is 6.44. The number of Topliss-reactive ketones (excluding diaryl/α,β-unsaturated/α-hetero) is 1. The first-order valence-electron chi connectivity index (χ1n) is 8.02. The molecule has 0 saturated carbocycles. The van der Waals surface area contributed by atoms with Crippen molar-refractivity contribution in [3.05, 3.63) is 59.3 Å². The van der Waals surface area contributed by atoms with Gasteiger partial charge < -0.3 is 10.2 Å². The van der Waals surface area contributed by atoms with Crippen LogP contribution in [0.4, 0.5) is 0 Å². The topological polar surface area (TPSA) is 57.5 Å². The van der Waals surface area contributed by atoms with Gasteiger partial charge in [0.05, 0.1) is 18.1 Å². The third kappa shape index (κ3) is 5.77. The fourth-order valence-electron chi connectivity index (χ4n) is 2.55. The molecule has 126 valence electrons. The van der Waals surface area contributed by atoms with Crippen molar-refractivity contribution in [2.45, 2.75) is 46.8 Å². The molecule has 3 atom stereocenters. The monoisotopic (exact) mass is 316 g/mol. The van der Waals surface area contributed by atoms with Crippen molar-refractivity contribution in [1.82, 2.24) is 0 Å². The van der Waals surface area contributed by atoms with Gasteiger partial charge in [0, 0.05) is 0 Å². The van der Waals surface area contributed by atoms with Gasteiger partial charge in [-0.25, -0.2) is 0 Å². The van der Waals surface area contributed by atoms with E-state index in [-0.39, 0.29) is 5.78 Å². The fourth-order valence-corrected chi connectivity index (χ4v) is 2.55. The van der Waals surface area contributed by atoms with Crippen LogP contribution in [0, 0.1) is 11.8 Å². The number of rotatable bonds is 5. The maximum atomic E-state index is 11.6. The van der Waals surface area contributed by atoms with Crippen LogP contribution < -0.4 is 0 Å². The molecule has 0 aromatic heterocycles. The van der Waals surface area contributed by atoms with Crippen molar-refractivity contribution < 1.29 is 15.0 Å². The standard InChI is InChI=1S/C20H28O3/c1-13(2)8-6-9-14(3)10-7-11-17-15(4)12-18(22)19(16(5)21)20(17)23/h6-13,18-20,22-23H,1-5H3. The summed E-state index contributed by atoms with van der Waals surface area (Å²) in [5, 5.41) is 20.3. The highest BCUT2D eigenvalue weighted by Crippen LogP contribution is 2.30. The van der Waals surface area contributed by atoms with E-state index < -0.39 is 18.1 Å². The minimum absolute atomic E-state index is 0.210. The zero-order valence-electron chi connectivity index (χ0n) is 14.7. The van der Waals surface area contributed by atoms with E-state index in [0.717, 1.165) is 11.1 Å². The van der Waals surface area contributed by atoms with Gasteiger partial charge in [-0.2, -0.15) is 0 Å². The van der Waals surface area contributed by atoms with Gasteiger partial charge in [-0.15, -0.1) is 0 Å². The highest BCUT2D eigenvalue weighted by Gasteiger charge is 2.36. The molecule has 0 heterocycles. The molecular weight excluding hydrogens is 288 g/mol. The maximum Gasteiger partial charge on any atom is 0.138 e. The van der Waals surface area contributed by atoms with E-state index in [1.807, 2.05) is 44.2 Å². The summed E-state index contributed by atoms with van der Waals surface area (Å²) in [5.41, 5.74) is 2.57. The van der Waals surface area contributed by atoms with E-state index in [1.54, 1.807) is 6.08 Å². The van der Waals surface area contributed by atoms with Crippen LogP contribution in [0.15, 0.2) is 59.3 Å². The molecule has 1 rings (SSSR count). The first kappa shape index (κ1) is 19.3. The number of hydrogen-bond acceptors (Lipinski definition) is 3. The van der Waals surface area contributed by atoms with Crippen LogP contribution in [0.2, 0.25) is 0 Å². The smallest absolute Gasteiger partial charge is 0.138 e. The van der Waals surface area contributed by atoms with Crippen LogP contribution in [-0.4, -0.2) is 28.2 Å². The zero-order valence-corrected chi connectivity index (χ0v) is 14.7. The number of aliphatic hydroxyl groups is 2. The fraction of sp³-hybridized carbons (Fsp3) is 0.450. The summed E-state index contributed by atoms with van der Waals surface area (Å²) < 4.78 is 0. The summed E-state index contributed by atoms with van der Waals surface area (Å²) in [5.74, 6) is -0.479. The lowest BCUT2D eigenvalue weighted by molar-refractivity contribution is -0.127. The van der Waals surface area contributed by atoms with Gasteiger partial charge in [0.1, 0.15) is 5.78 Å². The lowest BCUT2D eigenvalue weighted by atomic mass is 9.79. The minimum atomic E-state index is -0.970. The molecule has 0 bridgehead atoms. The third-order valence-electron chi connectivity index (χ3n) is 3.86. The van der Waals surface area contributed by atoms with Crippen LogP contribution in [0.5, 0.6) is 0 Å². The van der Waals surface area contributed by atoms with Crippen molar-refractivity contribution in [3.8, 4) is 0 Å². The van der Waals surface area contributed by atoms with Crippen molar-refractivity contribution in [2.75, 3.05) is 0 Å². The number of carbonyl (C=O) groups is 1. The number of ketones is 1. The normalized spacial score (nSPS) is 28.2. The van der Waals surface area contributed by atoms with Gasteiger partial charge in [-0.05, 0) is 37.8 Å². The van der Waals surface area contributed by atoms with Crippen LogP contribution in [-0.2, 0) is 4.79 Å². The maximum absolute atomic E-state index is 11.6. The van der Waals surface area contributed by atoms with Crippen LogP contribution in [0.1, 0.15) is 34.6 Å². The van der Waals surface area contributed by atoms with Crippen LogP contribution in [0.25, 0.3) is 0 Å². The molecule has 3 heteroatoms. The lowest BCUT2D eigenvalue weighted by Crippen LogP contribution is -2.40. The second-order valence-corrected chi connectivity index (χ2v) is 6.44. The molecule has 1 aliphatic carbocycles. The van der Waals surface area contributed by atoms with E-state index in [2.05, 4.69) is 19.9 Å². The van der Waals surface area contributed by atoms with Gasteiger partial charge >= 0.3 is 0 Å². The van der Waals surface area contributed by atoms with E-state index >= 15 is 0 Å². The molecule has 1 aliphatic rings. The average Bonchev–Trinajstić information content (AvgIpc) is 2.41. The summed E-state index contributed by atoms with van der Waals surface area (Å²) in [4.78, 5) is 11.6. The Kier molecular flexibility index (Phi) is 7.40. The summed E-state index contributed by atoms with van der Waals surface area (Å²) in [6.45, 7) is 9.48. The summed E-state index contributed by atoms with van der Waals surface area (Å²) in [6.07, 6.45) is 11.5. The van der Waals surface area contributed by atoms with Crippen LogP contribution in [0.3, 0.4) is 0 Å². The average molecular weight is 316 g/mol. The third-order valence-corrected chi connectivity index (χ3v) is 3.86. The van der Waals surface area contributed by atoms with E-state index in [9.17, 15) is 15.0 Å². The number of hydrogen-bond donors (Lipinski definition) is 2. The van der Waals surface area contributed by atoms with Gasteiger partial charge in [0.2, 0.25) is 0 Å². The van der Waals surface area contributed by atoms with Crippen molar-refractivity contribution in [2.24, 2.45) is 11.8 Å². The van der Waals surface area contributed by atoms with Crippen LogP contribution >= 0.6 is 0 Å². The molecule has 0 saturated heterocycles. The summed E-state index contributed by atoms with van der Waals surface area (Å²) >= 11 is 0. The number of carbonyl (C=O) groups excluding carboxylic acids is 1. The zero-order chi connectivity index (χ0) is 17.6. The van der Waals surface area contributed by atoms with E-state index in [1.165, 1.54) is 6.92 Å². The Balaban J connectivity index is 2.92. The molecule has 0 fully saturated rings. The largest absolute Gasteiger partial charge is 0.388 e. The Hall–Kier alpha value is -1.71. The Morgan fingerprint density at radius 1 is 1.22 bits per heavy atom. The quantitative estimate of drug-likeness (QED) is 0.763. The molecule has 0 aromatic carbocycles. The van der Waals surface area contributed by atoms with Gasteiger partial charge in [0.25, 0.3) is 0 Å². The Morgan fingerprint density at radius 2 is 1.87 bits per heavy atom. The molecule has 0 amide bonds. The first-order valence-corrected chi connectivity index (χ1v) is 8.02. The summed E-state index contributed by atoms with van der Waals surface area (Å²) in [6, 6.07) is 0. The van der Waals surface area contributed by atoms with Gasteiger partial charge in [-0.3, -0.25) is 4.79 Å². The molecule has 2 N–H and O–H groups in total. The number of aliphatic hydroxyl groups excluding tert-OH is 2. The molecular formula is C20H28O3. The summed E-state index contributed by atoms with van der Waals surface area (Å²) in [7, 11) is 0. The lowest BCUT2D eigenvalue weighted by Gasteiger charge is -2.31. The molecule has 3 unspecified atom stereocenters. The van der Waals surface area contributed by atoms with Crippen molar-refractivity contribution in [3.63, 3.8) is 0 Å². The highest BCUT2D eigenvalue weighted by molar-refractivity contribution is 5.81. The molecule has 0 spiro atoms. The van der Waals surface area contributed by atoms with E-state index in [4.69, 9.17) is 0 Å². The van der Waals surface area contributed by atoms with Crippen molar-refractivity contribution >= 4 is 5.78 Å². The number of allylic oxidation sites excluding steroid dienone is 7. The SMILES string of the molecule is CC(=O)C1C(O)C=C(C)C(=CC=CC(C)=CC=CC(C)C)C1O. The van der Waals surface area contributed by atoms with Gasteiger partial charge in [-0.1, -0.05) is 62.0 Å². The Morgan fingerprint density at radius 3 is 2.43 bits per heavy atom. The Bertz CT molecular complexity index is 574. The predicted octanol–water partition coefficient (Wildman–Crippen LogP) is 3.51. The molecule has 0 radical (unpaired) electrons. The second kappa shape index (κ2) is 8.80. The van der Waals surface area contributed by atoms with Gasteiger partial charge in [0.15, 0.2) is 0 Å². The van der Waals surface area contributed by atoms with E-state index in [0.29, 0.717) is 11.5 Å². The minimum Gasteiger partial charge on any atom is -0.388 e. The first-order chi connectivity index (χ1) is 10.7. The highest BCUT2D eigenvalue weighted by atomic mass is 16.3. The molecule has 3 nitrogen and oxygen atoms in total.